The summed E-state index contributed by atoms with van der Waals surface area (Å²) in [5.74, 6) is 0.0745. The molecule has 0 atom stereocenters. The van der Waals surface area contributed by atoms with E-state index in [0.29, 0.717) is 5.56 Å². The molecule has 0 saturated carbocycles. The van der Waals surface area contributed by atoms with Crippen LogP contribution in [0.25, 0.3) is 22.3 Å². The Kier molecular flexibility index (Phi) is 5.25. The summed E-state index contributed by atoms with van der Waals surface area (Å²) >= 11 is 7.64. The van der Waals surface area contributed by atoms with Gasteiger partial charge in [0.2, 0.25) is 0 Å². The second-order valence-corrected chi connectivity index (χ2v) is 8.72. The Hall–Kier alpha value is -2.74. The van der Waals surface area contributed by atoms with Crippen molar-refractivity contribution in [3.63, 3.8) is 0 Å². The molecule has 152 valence electrons. The summed E-state index contributed by atoms with van der Waals surface area (Å²) in [5, 5.41) is 3.90. The van der Waals surface area contributed by atoms with Crippen molar-refractivity contribution in [2.24, 2.45) is 0 Å². The van der Waals surface area contributed by atoms with Crippen LogP contribution in [0.1, 0.15) is 15.4 Å². The minimum Gasteiger partial charge on any atom is -0.345 e. The van der Waals surface area contributed by atoms with Crippen LogP contribution < -0.4 is 0 Å². The van der Waals surface area contributed by atoms with Gasteiger partial charge < -0.3 is 9.88 Å². The lowest BCUT2D eigenvalue weighted by Gasteiger charge is -2.34. The predicted molar refractivity (Wildman–Crippen MR) is 120 cm³/mol. The maximum atomic E-state index is 12.9. The Morgan fingerprint density at radius 3 is 2.70 bits per heavy atom. The third-order valence-electron chi connectivity index (χ3n) is 5.38. The van der Waals surface area contributed by atoms with Gasteiger partial charge in [-0.3, -0.25) is 9.69 Å². The Bertz CT molecular complexity index is 1180. The molecule has 3 heterocycles. The Morgan fingerprint density at radius 1 is 1.10 bits per heavy atom. The molecule has 0 aliphatic carbocycles. The molecule has 4 aromatic rings. The highest BCUT2D eigenvalue weighted by Gasteiger charge is 2.23. The lowest BCUT2D eigenvalue weighted by atomic mass is 10.1. The van der Waals surface area contributed by atoms with Crippen LogP contribution in [0, 0.1) is 0 Å². The monoisotopic (exact) mass is 437 g/mol. The molecule has 1 N–H and O–H groups in total. The van der Waals surface area contributed by atoms with Crippen LogP contribution in [0.3, 0.4) is 0 Å². The summed E-state index contributed by atoms with van der Waals surface area (Å²) in [6.07, 6.45) is 1.65. The van der Waals surface area contributed by atoms with E-state index in [2.05, 4.69) is 20.2 Å². The van der Waals surface area contributed by atoms with Crippen LogP contribution in [0.2, 0.25) is 5.02 Å². The van der Waals surface area contributed by atoms with Gasteiger partial charge in [-0.1, -0.05) is 23.7 Å². The number of nitrogens with one attached hydrogen (secondary N) is 1. The number of carbonyl (C=O) groups excluding carboxylic acids is 1. The molecule has 0 spiro atoms. The van der Waals surface area contributed by atoms with Gasteiger partial charge >= 0.3 is 0 Å². The fourth-order valence-electron chi connectivity index (χ4n) is 3.69. The van der Waals surface area contributed by atoms with Crippen molar-refractivity contribution >= 4 is 39.9 Å². The van der Waals surface area contributed by atoms with E-state index >= 15 is 0 Å². The number of fused-ring (bicyclic) bond motifs is 1. The van der Waals surface area contributed by atoms with Crippen LogP contribution in [-0.2, 0) is 6.54 Å². The second-order valence-electron chi connectivity index (χ2n) is 7.34. The zero-order valence-corrected chi connectivity index (χ0v) is 17.8. The first-order chi connectivity index (χ1) is 14.7. The number of benzene rings is 2. The van der Waals surface area contributed by atoms with Gasteiger partial charge in [0.1, 0.15) is 5.01 Å². The third kappa shape index (κ3) is 3.96. The van der Waals surface area contributed by atoms with Gasteiger partial charge in [0, 0.05) is 47.7 Å². The molecular weight excluding hydrogens is 418 g/mol. The van der Waals surface area contributed by atoms with Gasteiger partial charge in [0.25, 0.3) is 5.91 Å². The smallest absolute Gasteiger partial charge is 0.254 e. The van der Waals surface area contributed by atoms with E-state index < -0.39 is 0 Å². The number of imidazole rings is 1. The number of amides is 1. The van der Waals surface area contributed by atoms with E-state index in [-0.39, 0.29) is 5.91 Å². The highest BCUT2D eigenvalue weighted by molar-refractivity contribution is 7.09. The number of aromatic nitrogens is 3. The summed E-state index contributed by atoms with van der Waals surface area (Å²) in [5.41, 5.74) is 4.52. The highest BCUT2D eigenvalue weighted by Crippen LogP contribution is 2.24. The molecule has 0 bridgehead atoms. The van der Waals surface area contributed by atoms with E-state index in [4.69, 9.17) is 16.6 Å². The topological polar surface area (TPSA) is 65.1 Å². The Morgan fingerprint density at radius 2 is 1.90 bits per heavy atom. The predicted octanol–water partition coefficient (Wildman–Crippen LogP) is 4.30. The van der Waals surface area contributed by atoms with Crippen LogP contribution in [-0.4, -0.2) is 56.8 Å². The molecule has 1 aliphatic rings. The first-order valence-corrected chi connectivity index (χ1v) is 11.1. The Labute approximate surface area is 183 Å². The molecule has 30 heavy (non-hydrogen) atoms. The molecule has 1 saturated heterocycles. The molecule has 0 unspecified atom stereocenters. The highest BCUT2D eigenvalue weighted by atomic mass is 35.5. The summed E-state index contributed by atoms with van der Waals surface area (Å²) in [7, 11) is 0. The maximum absolute atomic E-state index is 12.9. The minimum absolute atomic E-state index is 0.0745. The van der Waals surface area contributed by atoms with Gasteiger partial charge in [0.15, 0.2) is 0 Å². The Balaban J connectivity index is 1.19. The summed E-state index contributed by atoms with van der Waals surface area (Å²) in [4.78, 5) is 29.2. The van der Waals surface area contributed by atoms with E-state index in [1.54, 1.807) is 17.7 Å². The third-order valence-corrected chi connectivity index (χ3v) is 6.46. The number of nitrogens with zero attached hydrogens (tertiary/aromatic N) is 4. The number of H-pyrrole nitrogens is 1. The van der Waals surface area contributed by atoms with Crippen molar-refractivity contribution in [3.8, 4) is 11.3 Å². The SMILES string of the molecule is O=C(c1ccc2nc[nH]c2c1)N1CCN(Cc2nc(-c3ccc(Cl)cc3)cs2)CC1. The van der Waals surface area contributed by atoms with Gasteiger partial charge in [-0.2, -0.15) is 0 Å². The summed E-state index contributed by atoms with van der Waals surface area (Å²) in [6.45, 7) is 3.92. The number of piperazine rings is 1. The second kappa shape index (κ2) is 8.18. The lowest BCUT2D eigenvalue weighted by molar-refractivity contribution is 0.0628. The van der Waals surface area contributed by atoms with Crippen molar-refractivity contribution in [2.75, 3.05) is 26.2 Å². The van der Waals surface area contributed by atoms with E-state index in [9.17, 15) is 4.79 Å². The normalized spacial score (nSPS) is 15.0. The molecule has 1 amide bonds. The van der Waals surface area contributed by atoms with Crippen LogP contribution in [0.5, 0.6) is 0 Å². The average Bonchev–Trinajstić information content (AvgIpc) is 3.43. The number of carbonyl (C=O) groups is 1. The number of rotatable bonds is 4. The van der Waals surface area contributed by atoms with Crippen molar-refractivity contribution in [1.29, 1.82) is 0 Å². The zero-order valence-electron chi connectivity index (χ0n) is 16.2. The molecule has 2 aromatic carbocycles. The fraction of sp³-hybridized carbons (Fsp3) is 0.227. The molecule has 5 rings (SSSR count). The molecular formula is C22H20ClN5OS. The van der Waals surface area contributed by atoms with E-state index in [1.165, 1.54) is 0 Å². The van der Waals surface area contributed by atoms with E-state index in [0.717, 1.165) is 65.0 Å². The molecule has 2 aromatic heterocycles. The number of aromatic amines is 1. The summed E-state index contributed by atoms with van der Waals surface area (Å²) in [6, 6.07) is 13.4. The quantitative estimate of drug-likeness (QED) is 0.517. The summed E-state index contributed by atoms with van der Waals surface area (Å²) < 4.78 is 0. The fourth-order valence-corrected chi connectivity index (χ4v) is 4.66. The molecule has 1 fully saturated rings. The lowest BCUT2D eigenvalue weighted by Crippen LogP contribution is -2.48. The average molecular weight is 438 g/mol. The van der Waals surface area contributed by atoms with Crippen molar-refractivity contribution in [2.45, 2.75) is 6.54 Å². The maximum Gasteiger partial charge on any atom is 0.254 e. The molecule has 0 radical (unpaired) electrons. The van der Waals surface area contributed by atoms with Gasteiger partial charge in [-0.05, 0) is 30.3 Å². The zero-order chi connectivity index (χ0) is 20.5. The number of thiazole rings is 1. The number of hydrogen-bond acceptors (Lipinski definition) is 5. The minimum atomic E-state index is 0.0745. The molecule has 8 heteroatoms. The van der Waals surface area contributed by atoms with Crippen LogP contribution in [0.15, 0.2) is 54.2 Å². The molecule has 6 nitrogen and oxygen atoms in total. The van der Waals surface area contributed by atoms with Gasteiger partial charge in [0.05, 0.1) is 29.6 Å². The van der Waals surface area contributed by atoms with Crippen LogP contribution in [0.4, 0.5) is 0 Å². The van der Waals surface area contributed by atoms with Crippen molar-refractivity contribution in [3.05, 3.63) is 69.8 Å². The van der Waals surface area contributed by atoms with Gasteiger partial charge in [-0.25, -0.2) is 9.97 Å². The van der Waals surface area contributed by atoms with Crippen molar-refractivity contribution < 1.29 is 4.79 Å². The largest absolute Gasteiger partial charge is 0.345 e. The van der Waals surface area contributed by atoms with Gasteiger partial charge in [-0.15, -0.1) is 11.3 Å². The first-order valence-electron chi connectivity index (χ1n) is 9.81. The van der Waals surface area contributed by atoms with Crippen molar-refractivity contribution in [1.82, 2.24) is 24.8 Å². The first kappa shape index (κ1) is 19.2. The van der Waals surface area contributed by atoms with Crippen LogP contribution >= 0.6 is 22.9 Å². The standard InChI is InChI=1S/C22H20ClN5OS/c23-17-4-1-15(2-5-17)20-13-30-21(26-20)12-27-7-9-28(10-8-27)22(29)16-3-6-18-19(11-16)25-14-24-18/h1-6,11,13-14H,7-10,12H2,(H,24,25). The number of halogens is 1. The van der Waals surface area contributed by atoms with E-state index in [1.807, 2.05) is 47.4 Å². The molecule has 1 aliphatic heterocycles. The number of hydrogen-bond donors (Lipinski definition) is 1.